The fourth-order valence-corrected chi connectivity index (χ4v) is 3.68. The zero-order chi connectivity index (χ0) is 17.2. The van der Waals surface area contributed by atoms with Crippen molar-refractivity contribution in [1.29, 1.82) is 0 Å². The van der Waals surface area contributed by atoms with Crippen molar-refractivity contribution in [3.05, 3.63) is 29.8 Å². The molecule has 2 heterocycles. The Kier molecular flexibility index (Phi) is 5.32. The molecule has 3 rings (SSSR count). The first kappa shape index (κ1) is 17.5. The second-order valence-electron chi connectivity index (χ2n) is 6.47. The Balaban J connectivity index is 1.62. The largest absolute Gasteiger partial charge is 0.573 e. The van der Waals surface area contributed by atoms with Crippen molar-refractivity contribution in [3.63, 3.8) is 0 Å². The lowest BCUT2D eigenvalue weighted by Gasteiger charge is -2.37. The topological polar surface area (TPSA) is 41.9 Å². The summed E-state index contributed by atoms with van der Waals surface area (Å²) in [4.78, 5) is 2.29. The van der Waals surface area contributed by atoms with Gasteiger partial charge in [-0.2, -0.15) is 0 Å². The standard InChI is InChI=1S/C17H22F3NO3/c18-17(19,20)24-13-5-3-12(4-6-13)10-21-8-1-2-15(21)14-11-23-9-7-16(14)22/h3-6,14-16,22H,1-2,7-11H2/t14-,15-,16+/m0/s1. The van der Waals surface area contributed by atoms with Gasteiger partial charge in [0.25, 0.3) is 0 Å². The summed E-state index contributed by atoms with van der Waals surface area (Å²) in [6, 6.07) is 6.25. The highest BCUT2D eigenvalue weighted by Gasteiger charge is 2.37. The smallest absolute Gasteiger partial charge is 0.406 e. The van der Waals surface area contributed by atoms with Gasteiger partial charge < -0.3 is 14.6 Å². The van der Waals surface area contributed by atoms with Crippen LogP contribution in [-0.4, -0.2) is 48.3 Å². The normalized spacial score (nSPS) is 28.9. The first-order valence-corrected chi connectivity index (χ1v) is 8.27. The molecule has 1 aromatic rings. The van der Waals surface area contributed by atoms with E-state index in [1.165, 1.54) is 12.1 Å². The van der Waals surface area contributed by atoms with E-state index in [0.29, 0.717) is 26.2 Å². The second-order valence-corrected chi connectivity index (χ2v) is 6.47. The number of alkyl halides is 3. The summed E-state index contributed by atoms with van der Waals surface area (Å²) < 4.78 is 46.0. The van der Waals surface area contributed by atoms with Gasteiger partial charge in [0.1, 0.15) is 5.75 Å². The molecule has 0 aromatic heterocycles. The fraction of sp³-hybridized carbons (Fsp3) is 0.647. The maximum atomic E-state index is 12.2. The first-order valence-electron chi connectivity index (χ1n) is 8.27. The molecule has 134 valence electrons. The third-order valence-corrected chi connectivity index (χ3v) is 4.81. The van der Waals surface area contributed by atoms with Crippen molar-refractivity contribution in [1.82, 2.24) is 4.90 Å². The summed E-state index contributed by atoms with van der Waals surface area (Å²) in [6.07, 6.45) is -2.27. The van der Waals surface area contributed by atoms with Crippen LogP contribution < -0.4 is 4.74 Å². The highest BCUT2D eigenvalue weighted by molar-refractivity contribution is 5.27. The molecule has 7 heteroatoms. The van der Waals surface area contributed by atoms with Crippen molar-refractivity contribution in [3.8, 4) is 5.75 Å². The minimum Gasteiger partial charge on any atom is -0.406 e. The SMILES string of the molecule is O[C@@H]1CCOC[C@H]1[C@@H]1CCCN1Cc1ccc(OC(F)(F)F)cc1. The molecule has 0 unspecified atom stereocenters. The minimum absolute atomic E-state index is 0.106. The van der Waals surface area contributed by atoms with Crippen LogP contribution in [0.3, 0.4) is 0 Å². The lowest BCUT2D eigenvalue weighted by molar-refractivity contribution is -0.274. The average Bonchev–Trinajstić information content (AvgIpc) is 2.96. The monoisotopic (exact) mass is 345 g/mol. The number of rotatable bonds is 4. The zero-order valence-corrected chi connectivity index (χ0v) is 13.3. The van der Waals surface area contributed by atoms with E-state index in [1.54, 1.807) is 12.1 Å². The second kappa shape index (κ2) is 7.29. The van der Waals surface area contributed by atoms with E-state index in [1.807, 2.05) is 0 Å². The highest BCUT2D eigenvalue weighted by Crippen LogP contribution is 2.31. The zero-order valence-electron chi connectivity index (χ0n) is 13.3. The van der Waals surface area contributed by atoms with Crippen molar-refractivity contribution >= 4 is 0 Å². The number of halogens is 3. The highest BCUT2D eigenvalue weighted by atomic mass is 19.4. The van der Waals surface area contributed by atoms with E-state index in [0.717, 1.165) is 24.9 Å². The number of hydrogen-bond donors (Lipinski definition) is 1. The number of benzene rings is 1. The Morgan fingerprint density at radius 2 is 1.96 bits per heavy atom. The number of aliphatic hydroxyl groups excluding tert-OH is 1. The third kappa shape index (κ3) is 4.40. The van der Waals surface area contributed by atoms with E-state index in [9.17, 15) is 18.3 Å². The quantitative estimate of drug-likeness (QED) is 0.911. The number of likely N-dealkylation sites (tertiary alicyclic amines) is 1. The molecule has 3 atom stereocenters. The van der Waals surface area contributed by atoms with Gasteiger partial charge in [-0.3, -0.25) is 4.90 Å². The molecule has 24 heavy (non-hydrogen) atoms. The lowest BCUT2D eigenvalue weighted by Crippen LogP contribution is -2.45. The van der Waals surface area contributed by atoms with Gasteiger partial charge in [0.2, 0.25) is 0 Å². The first-order chi connectivity index (χ1) is 11.4. The van der Waals surface area contributed by atoms with E-state index in [-0.39, 0.29) is 23.8 Å². The fourth-order valence-electron chi connectivity index (χ4n) is 3.68. The Bertz CT molecular complexity index is 535. The van der Waals surface area contributed by atoms with Gasteiger partial charge in [0, 0.05) is 25.1 Å². The molecule has 1 N–H and O–H groups in total. The van der Waals surface area contributed by atoms with Gasteiger partial charge in [-0.1, -0.05) is 12.1 Å². The van der Waals surface area contributed by atoms with Gasteiger partial charge in [0.05, 0.1) is 12.7 Å². The Labute approximate surface area is 139 Å². The maximum absolute atomic E-state index is 12.2. The maximum Gasteiger partial charge on any atom is 0.573 e. The summed E-state index contributed by atoms with van der Waals surface area (Å²) in [7, 11) is 0. The van der Waals surface area contributed by atoms with Gasteiger partial charge in [-0.25, -0.2) is 0 Å². The summed E-state index contributed by atoms with van der Waals surface area (Å²) in [5.74, 6) is -0.102. The Morgan fingerprint density at radius 1 is 1.21 bits per heavy atom. The van der Waals surface area contributed by atoms with Crippen molar-refractivity contribution in [2.45, 2.75) is 44.3 Å². The Hall–Kier alpha value is -1.31. The van der Waals surface area contributed by atoms with E-state index >= 15 is 0 Å². The third-order valence-electron chi connectivity index (χ3n) is 4.81. The molecule has 0 bridgehead atoms. The summed E-state index contributed by atoms with van der Waals surface area (Å²) in [5.41, 5.74) is 0.933. The van der Waals surface area contributed by atoms with Crippen LogP contribution in [0.5, 0.6) is 5.75 Å². The minimum atomic E-state index is -4.67. The molecule has 2 saturated heterocycles. The molecule has 4 nitrogen and oxygen atoms in total. The predicted octanol–water partition coefficient (Wildman–Crippen LogP) is 2.95. The van der Waals surface area contributed by atoms with Crippen LogP contribution in [0.2, 0.25) is 0 Å². The molecular formula is C17H22F3NO3. The van der Waals surface area contributed by atoms with Crippen LogP contribution in [-0.2, 0) is 11.3 Å². The molecule has 0 radical (unpaired) electrons. The summed E-state index contributed by atoms with van der Waals surface area (Å²) in [6.45, 7) is 2.75. The average molecular weight is 345 g/mol. The molecule has 0 saturated carbocycles. The summed E-state index contributed by atoms with van der Waals surface area (Å²) in [5, 5.41) is 10.2. The predicted molar refractivity (Wildman–Crippen MR) is 81.5 cm³/mol. The number of hydrogen-bond acceptors (Lipinski definition) is 4. The molecule has 2 aliphatic rings. The molecule has 0 amide bonds. The van der Waals surface area contributed by atoms with Gasteiger partial charge in [-0.15, -0.1) is 13.2 Å². The van der Waals surface area contributed by atoms with Crippen LogP contribution in [0, 0.1) is 5.92 Å². The lowest BCUT2D eigenvalue weighted by atomic mass is 9.89. The van der Waals surface area contributed by atoms with Gasteiger partial charge >= 0.3 is 6.36 Å². The summed E-state index contributed by atoms with van der Waals surface area (Å²) >= 11 is 0. The molecule has 2 fully saturated rings. The van der Waals surface area contributed by atoms with Crippen LogP contribution in [0.15, 0.2) is 24.3 Å². The van der Waals surface area contributed by atoms with Gasteiger partial charge in [0.15, 0.2) is 0 Å². The van der Waals surface area contributed by atoms with Crippen LogP contribution >= 0.6 is 0 Å². The molecule has 1 aromatic carbocycles. The molecular weight excluding hydrogens is 323 g/mol. The number of nitrogens with zero attached hydrogens (tertiary/aromatic N) is 1. The van der Waals surface area contributed by atoms with Crippen molar-refractivity contribution < 1.29 is 27.8 Å². The van der Waals surface area contributed by atoms with E-state index in [4.69, 9.17) is 4.74 Å². The van der Waals surface area contributed by atoms with Crippen LogP contribution in [0.1, 0.15) is 24.8 Å². The molecule has 2 aliphatic heterocycles. The van der Waals surface area contributed by atoms with E-state index < -0.39 is 6.36 Å². The number of aliphatic hydroxyl groups is 1. The Morgan fingerprint density at radius 3 is 2.62 bits per heavy atom. The molecule has 0 aliphatic carbocycles. The number of ether oxygens (including phenoxy) is 2. The van der Waals surface area contributed by atoms with Gasteiger partial charge in [-0.05, 0) is 43.5 Å². The van der Waals surface area contributed by atoms with Crippen molar-refractivity contribution in [2.24, 2.45) is 5.92 Å². The molecule has 0 spiro atoms. The van der Waals surface area contributed by atoms with E-state index in [2.05, 4.69) is 9.64 Å². The van der Waals surface area contributed by atoms with Crippen LogP contribution in [0.25, 0.3) is 0 Å². The van der Waals surface area contributed by atoms with Crippen LogP contribution in [0.4, 0.5) is 13.2 Å². The van der Waals surface area contributed by atoms with Crippen molar-refractivity contribution in [2.75, 3.05) is 19.8 Å².